The minimum absolute atomic E-state index is 0.159. The number of aromatic nitrogens is 1. The minimum Gasteiger partial charge on any atom is -0.444 e. The summed E-state index contributed by atoms with van der Waals surface area (Å²) in [5.74, 6) is 0.145. The molecule has 7 heteroatoms. The summed E-state index contributed by atoms with van der Waals surface area (Å²) in [6, 6.07) is 0. The predicted octanol–water partition coefficient (Wildman–Crippen LogP) is 2.83. The van der Waals surface area contributed by atoms with Crippen molar-refractivity contribution >= 4 is 23.3 Å². The normalized spacial score (nSPS) is 11.4. The van der Waals surface area contributed by atoms with Crippen LogP contribution in [-0.4, -0.2) is 35.7 Å². The minimum atomic E-state index is -0.527. The second kappa shape index (κ2) is 7.58. The third-order valence-electron chi connectivity index (χ3n) is 2.59. The first-order chi connectivity index (χ1) is 10.1. The van der Waals surface area contributed by atoms with Crippen molar-refractivity contribution in [1.82, 2.24) is 15.6 Å². The van der Waals surface area contributed by atoms with Crippen LogP contribution in [0.2, 0.25) is 0 Å². The van der Waals surface area contributed by atoms with Gasteiger partial charge in [0.1, 0.15) is 10.5 Å². The zero-order valence-electron chi connectivity index (χ0n) is 14.1. The Bertz CT molecular complexity index is 533. The van der Waals surface area contributed by atoms with Gasteiger partial charge in [-0.05, 0) is 27.7 Å². The molecule has 0 spiro atoms. The highest BCUT2D eigenvalue weighted by molar-refractivity contribution is 7.13. The molecule has 0 aromatic carbocycles. The number of ether oxygens (including phenoxy) is 1. The van der Waals surface area contributed by atoms with E-state index in [9.17, 15) is 9.59 Å². The summed E-state index contributed by atoms with van der Waals surface area (Å²) in [5.41, 5.74) is 0.214. The van der Waals surface area contributed by atoms with E-state index in [4.69, 9.17) is 4.74 Å². The number of rotatable bonds is 5. The summed E-state index contributed by atoms with van der Waals surface area (Å²) in [6.45, 7) is 12.0. The Morgan fingerprint density at radius 2 is 1.82 bits per heavy atom. The van der Waals surface area contributed by atoms with E-state index < -0.39 is 11.7 Å². The Hall–Kier alpha value is -1.63. The molecule has 1 heterocycles. The Morgan fingerprint density at radius 3 is 2.32 bits per heavy atom. The fourth-order valence-electron chi connectivity index (χ4n) is 1.61. The van der Waals surface area contributed by atoms with Crippen LogP contribution in [0.1, 0.15) is 60.9 Å². The summed E-state index contributed by atoms with van der Waals surface area (Å²) >= 11 is 1.41. The summed E-state index contributed by atoms with van der Waals surface area (Å²) in [4.78, 5) is 28.6. The monoisotopic (exact) mass is 327 g/mol. The van der Waals surface area contributed by atoms with E-state index in [1.165, 1.54) is 11.3 Å². The Balaban J connectivity index is 2.39. The van der Waals surface area contributed by atoms with E-state index >= 15 is 0 Å². The number of nitrogens with one attached hydrogen (secondary N) is 2. The number of thiazole rings is 1. The Morgan fingerprint density at radius 1 is 1.23 bits per heavy atom. The number of alkyl carbamates (subject to hydrolysis) is 1. The SMILES string of the molecule is Cc1nc(C(C)C)sc1C(=O)NCCNC(=O)OC(C)(C)C. The highest BCUT2D eigenvalue weighted by Gasteiger charge is 2.17. The van der Waals surface area contributed by atoms with E-state index in [0.29, 0.717) is 23.9 Å². The van der Waals surface area contributed by atoms with Crippen molar-refractivity contribution < 1.29 is 14.3 Å². The van der Waals surface area contributed by atoms with Crippen LogP contribution in [0.15, 0.2) is 0 Å². The molecular weight excluding hydrogens is 302 g/mol. The lowest BCUT2D eigenvalue weighted by Gasteiger charge is -2.19. The molecule has 0 atom stereocenters. The fraction of sp³-hybridized carbons (Fsp3) is 0.667. The summed E-state index contributed by atoms with van der Waals surface area (Å²) < 4.78 is 5.11. The van der Waals surface area contributed by atoms with Crippen molar-refractivity contribution in [2.75, 3.05) is 13.1 Å². The maximum Gasteiger partial charge on any atom is 0.407 e. The molecule has 2 amide bonds. The topological polar surface area (TPSA) is 80.3 Å². The van der Waals surface area contributed by atoms with Crippen molar-refractivity contribution in [2.24, 2.45) is 0 Å². The molecule has 1 rings (SSSR count). The van der Waals surface area contributed by atoms with Crippen LogP contribution in [0, 0.1) is 6.92 Å². The van der Waals surface area contributed by atoms with E-state index in [0.717, 1.165) is 10.7 Å². The first-order valence-corrected chi connectivity index (χ1v) is 8.14. The van der Waals surface area contributed by atoms with Crippen molar-refractivity contribution in [3.8, 4) is 0 Å². The van der Waals surface area contributed by atoms with Crippen molar-refractivity contribution in [2.45, 2.75) is 53.1 Å². The number of hydrogen-bond donors (Lipinski definition) is 2. The maximum atomic E-state index is 12.1. The number of hydrogen-bond acceptors (Lipinski definition) is 5. The largest absolute Gasteiger partial charge is 0.444 e. The van der Waals surface area contributed by atoms with Gasteiger partial charge in [0.2, 0.25) is 0 Å². The van der Waals surface area contributed by atoms with E-state index in [2.05, 4.69) is 15.6 Å². The molecule has 0 unspecified atom stereocenters. The van der Waals surface area contributed by atoms with E-state index in [-0.39, 0.29) is 5.91 Å². The molecule has 0 aliphatic heterocycles. The van der Waals surface area contributed by atoms with Gasteiger partial charge in [-0.15, -0.1) is 11.3 Å². The summed E-state index contributed by atoms with van der Waals surface area (Å²) in [5, 5.41) is 6.32. The van der Waals surface area contributed by atoms with Gasteiger partial charge in [0.15, 0.2) is 0 Å². The average molecular weight is 327 g/mol. The second-order valence-electron chi connectivity index (χ2n) is 6.31. The number of nitrogens with zero attached hydrogens (tertiary/aromatic N) is 1. The van der Waals surface area contributed by atoms with Crippen LogP contribution in [0.4, 0.5) is 4.79 Å². The Kier molecular flexibility index (Phi) is 6.34. The fourth-order valence-corrected chi connectivity index (χ4v) is 2.60. The third-order valence-corrected chi connectivity index (χ3v) is 4.05. The lowest BCUT2D eigenvalue weighted by molar-refractivity contribution is 0.0526. The van der Waals surface area contributed by atoms with Gasteiger partial charge in [-0.2, -0.15) is 0 Å². The zero-order valence-corrected chi connectivity index (χ0v) is 14.9. The average Bonchev–Trinajstić information content (AvgIpc) is 2.74. The highest BCUT2D eigenvalue weighted by Crippen LogP contribution is 2.24. The van der Waals surface area contributed by atoms with Gasteiger partial charge in [-0.3, -0.25) is 4.79 Å². The molecule has 0 saturated carbocycles. The molecule has 0 aliphatic rings. The smallest absolute Gasteiger partial charge is 0.407 e. The highest BCUT2D eigenvalue weighted by atomic mass is 32.1. The molecule has 0 fully saturated rings. The second-order valence-corrected chi connectivity index (χ2v) is 7.34. The van der Waals surface area contributed by atoms with Gasteiger partial charge in [-0.25, -0.2) is 9.78 Å². The van der Waals surface area contributed by atoms with Crippen molar-refractivity contribution in [1.29, 1.82) is 0 Å². The van der Waals surface area contributed by atoms with Gasteiger partial charge in [-0.1, -0.05) is 13.8 Å². The van der Waals surface area contributed by atoms with Gasteiger partial charge >= 0.3 is 6.09 Å². The molecule has 0 aliphatic carbocycles. The zero-order chi connectivity index (χ0) is 16.9. The maximum absolute atomic E-state index is 12.1. The van der Waals surface area contributed by atoms with E-state index in [1.807, 2.05) is 20.8 Å². The van der Waals surface area contributed by atoms with Gasteiger partial charge in [0.25, 0.3) is 5.91 Å². The van der Waals surface area contributed by atoms with Crippen molar-refractivity contribution in [3.63, 3.8) is 0 Å². The lowest BCUT2D eigenvalue weighted by Crippen LogP contribution is -2.37. The summed E-state index contributed by atoms with van der Waals surface area (Å²) in [6.07, 6.45) is -0.488. The molecule has 1 aromatic rings. The van der Waals surface area contributed by atoms with Gasteiger partial charge in [0, 0.05) is 19.0 Å². The van der Waals surface area contributed by atoms with E-state index in [1.54, 1.807) is 20.8 Å². The van der Waals surface area contributed by atoms with Crippen LogP contribution in [-0.2, 0) is 4.74 Å². The molecule has 1 aromatic heterocycles. The Labute approximate surface area is 135 Å². The third kappa shape index (κ3) is 6.01. The molecule has 2 N–H and O–H groups in total. The number of aryl methyl sites for hydroxylation is 1. The van der Waals surface area contributed by atoms with Crippen LogP contribution in [0.3, 0.4) is 0 Å². The predicted molar refractivity (Wildman–Crippen MR) is 87.5 cm³/mol. The number of carbonyl (C=O) groups is 2. The summed E-state index contributed by atoms with van der Waals surface area (Å²) in [7, 11) is 0. The van der Waals surface area contributed by atoms with Crippen molar-refractivity contribution in [3.05, 3.63) is 15.6 Å². The standard InChI is InChI=1S/C15H25N3O3S/c1-9(2)13-18-10(3)11(22-13)12(19)16-7-8-17-14(20)21-15(4,5)6/h9H,7-8H2,1-6H3,(H,16,19)(H,17,20). The molecule has 6 nitrogen and oxygen atoms in total. The molecule has 0 bridgehead atoms. The molecular formula is C15H25N3O3S. The van der Waals surface area contributed by atoms with Crippen LogP contribution >= 0.6 is 11.3 Å². The molecule has 0 saturated heterocycles. The molecule has 22 heavy (non-hydrogen) atoms. The first-order valence-electron chi connectivity index (χ1n) is 7.32. The van der Waals surface area contributed by atoms with Crippen LogP contribution in [0.25, 0.3) is 0 Å². The lowest BCUT2D eigenvalue weighted by atomic mass is 10.2. The number of amides is 2. The number of carbonyl (C=O) groups excluding carboxylic acids is 2. The van der Waals surface area contributed by atoms with Crippen LogP contribution < -0.4 is 10.6 Å². The van der Waals surface area contributed by atoms with Gasteiger partial charge < -0.3 is 15.4 Å². The van der Waals surface area contributed by atoms with Gasteiger partial charge in [0.05, 0.1) is 10.7 Å². The molecule has 0 radical (unpaired) electrons. The first kappa shape index (κ1) is 18.4. The molecule has 124 valence electrons. The quantitative estimate of drug-likeness (QED) is 0.815. The van der Waals surface area contributed by atoms with Crippen LogP contribution in [0.5, 0.6) is 0 Å².